The van der Waals surface area contributed by atoms with Crippen LogP contribution in [-0.2, 0) is 0 Å². The predicted molar refractivity (Wildman–Crippen MR) is 74.3 cm³/mol. The smallest absolute Gasteiger partial charge is 0.292 e. The van der Waals surface area contributed by atoms with E-state index in [1.165, 1.54) is 30.5 Å². The topological polar surface area (TPSA) is 68.1 Å². The number of nitro groups is 1. The molecule has 0 aliphatic rings. The summed E-state index contributed by atoms with van der Waals surface area (Å²) in [6.07, 6.45) is 2.59. The van der Waals surface area contributed by atoms with E-state index in [2.05, 4.69) is 10.3 Å². The van der Waals surface area contributed by atoms with E-state index in [-0.39, 0.29) is 17.4 Å². The van der Waals surface area contributed by atoms with Crippen LogP contribution in [-0.4, -0.2) is 9.91 Å². The number of nitro benzene ring substituents is 1. The van der Waals surface area contributed by atoms with E-state index < -0.39 is 10.7 Å². The summed E-state index contributed by atoms with van der Waals surface area (Å²) >= 11 is 5.84. The van der Waals surface area contributed by atoms with Crippen molar-refractivity contribution in [1.29, 1.82) is 0 Å². The van der Waals surface area contributed by atoms with Crippen molar-refractivity contribution in [3.63, 3.8) is 0 Å². The Morgan fingerprint density at radius 1 is 1.40 bits per heavy atom. The number of nitrogens with one attached hydrogen (secondary N) is 1. The zero-order chi connectivity index (χ0) is 14.7. The summed E-state index contributed by atoms with van der Waals surface area (Å²) in [6.45, 7) is 1.75. The van der Waals surface area contributed by atoms with Crippen molar-refractivity contribution in [2.75, 3.05) is 5.32 Å². The van der Waals surface area contributed by atoms with Gasteiger partial charge in [-0.15, -0.1) is 0 Å². The standard InChI is InChI=1S/C13H11ClFN3O2/c1-8(9-4-11(15)7-16-6-9)17-12-5-10(14)2-3-13(12)18(19)20/h2-8,17H,1H3. The highest BCUT2D eigenvalue weighted by molar-refractivity contribution is 6.31. The average Bonchev–Trinajstić information content (AvgIpc) is 2.38. The third-order valence-corrected chi connectivity index (χ3v) is 2.99. The molecule has 0 saturated heterocycles. The lowest BCUT2D eigenvalue weighted by atomic mass is 10.1. The molecule has 0 bridgehead atoms. The van der Waals surface area contributed by atoms with Gasteiger partial charge in [-0.25, -0.2) is 4.39 Å². The van der Waals surface area contributed by atoms with Gasteiger partial charge in [0.1, 0.15) is 11.5 Å². The van der Waals surface area contributed by atoms with Gasteiger partial charge < -0.3 is 5.32 Å². The van der Waals surface area contributed by atoms with Crippen molar-refractivity contribution in [2.24, 2.45) is 0 Å². The number of benzene rings is 1. The van der Waals surface area contributed by atoms with Gasteiger partial charge in [-0.1, -0.05) is 11.6 Å². The van der Waals surface area contributed by atoms with Gasteiger partial charge in [0.25, 0.3) is 5.69 Å². The number of aromatic nitrogens is 1. The summed E-state index contributed by atoms with van der Waals surface area (Å²) in [7, 11) is 0. The van der Waals surface area contributed by atoms with E-state index in [0.717, 1.165) is 6.20 Å². The summed E-state index contributed by atoms with van der Waals surface area (Å²) < 4.78 is 13.1. The highest BCUT2D eigenvalue weighted by atomic mass is 35.5. The maximum absolute atomic E-state index is 13.1. The first-order chi connectivity index (χ1) is 9.47. The number of halogens is 2. The molecule has 1 atom stereocenters. The molecular formula is C13H11ClFN3O2. The van der Waals surface area contributed by atoms with E-state index in [0.29, 0.717) is 10.6 Å². The Morgan fingerprint density at radius 3 is 2.80 bits per heavy atom. The van der Waals surface area contributed by atoms with Crippen molar-refractivity contribution in [1.82, 2.24) is 4.98 Å². The minimum absolute atomic E-state index is 0.0920. The molecule has 0 aliphatic heterocycles. The lowest BCUT2D eigenvalue weighted by Gasteiger charge is -2.15. The Hall–Kier alpha value is -2.21. The van der Waals surface area contributed by atoms with Crippen LogP contribution < -0.4 is 5.32 Å². The Labute approximate surface area is 119 Å². The van der Waals surface area contributed by atoms with Crippen LogP contribution in [0.5, 0.6) is 0 Å². The maximum atomic E-state index is 13.1. The van der Waals surface area contributed by atoms with E-state index in [1.54, 1.807) is 6.92 Å². The zero-order valence-corrected chi connectivity index (χ0v) is 11.3. The van der Waals surface area contributed by atoms with E-state index in [9.17, 15) is 14.5 Å². The quantitative estimate of drug-likeness (QED) is 0.685. The molecule has 2 rings (SSSR count). The molecule has 0 spiro atoms. The molecule has 1 heterocycles. The zero-order valence-electron chi connectivity index (χ0n) is 10.5. The molecule has 0 radical (unpaired) electrons. The predicted octanol–water partition coefficient (Wildman–Crippen LogP) is 3.96. The Kier molecular flexibility index (Phi) is 4.14. The van der Waals surface area contributed by atoms with Gasteiger partial charge in [0.05, 0.1) is 17.2 Å². The van der Waals surface area contributed by atoms with Crippen molar-refractivity contribution in [3.8, 4) is 0 Å². The second-order valence-electron chi connectivity index (χ2n) is 4.22. The first-order valence-corrected chi connectivity index (χ1v) is 6.16. The molecule has 104 valence electrons. The Balaban J connectivity index is 2.29. The van der Waals surface area contributed by atoms with Crippen LogP contribution in [0.25, 0.3) is 0 Å². The van der Waals surface area contributed by atoms with E-state index in [4.69, 9.17) is 11.6 Å². The second kappa shape index (κ2) is 5.83. The summed E-state index contributed by atoms with van der Waals surface area (Å²) in [5.74, 6) is -0.461. The fourth-order valence-corrected chi connectivity index (χ4v) is 1.94. The largest absolute Gasteiger partial charge is 0.373 e. The molecule has 7 heteroatoms. The number of hydrogen-bond donors (Lipinski definition) is 1. The molecule has 1 unspecified atom stereocenters. The van der Waals surface area contributed by atoms with Gasteiger partial charge in [0.2, 0.25) is 0 Å². The van der Waals surface area contributed by atoms with E-state index >= 15 is 0 Å². The van der Waals surface area contributed by atoms with Crippen LogP contribution in [0, 0.1) is 15.9 Å². The first-order valence-electron chi connectivity index (χ1n) is 5.78. The summed E-state index contributed by atoms with van der Waals surface area (Å²) in [6, 6.07) is 5.19. The third-order valence-electron chi connectivity index (χ3n) is 2.75. The number of hydrogen-bond acceptors (Lipinski definition) is 4. The highest BCUT2D eigenvalue weighted by Gasteiger charge is 2.16. The SMILES string of the molecule is CC(Nc1cc(Cl)ccc1[N+](=O)[O-])c1cncc(F)c1. The van der Waals surface area contributed by atoms with Gasteiger partial charge >= 0.3 is 0 Å². The number of rotatable bonds is 4. The van der Waals surface area contributed by atoms with Gasteiger partial charge in [0.15, 0.2) is 0 Å². The van der Waals surface area contributed by atoms with Crippen molar-refractivity contribution in [3.05, 3.63) is 63.2 Å². The first kappa shape index (κ1) is 14.2. The van der Waals surface area contributed by atoms with E-state index in [1.807, 2.05) is 0 Å². The summed E-state index contributed by atoms with van der Waals surface area (Å²) in [5.41, 5.74) is 0.768. The number of pyridine rings is 1. The minimum Gasteiger partial charge on any atom is -0.373 e. The van der Waals surface area contributed by atoms with Gasteiger partial charge in [-0.05, 0) is 30.7 Å². The average molecular weight is 296 g/mol. The fraction of sp³-hybridized carbons (Fsp3) is 0.154. The minimum atomic E-state index is -0.505. The monoisotopic (exact) mass is 295 g/mol. The molecule has 0 fully saturated rings. The van der Waals surface area contributed by atoms with Crippen molar-refractivity contribution in [2.45, 2.75) is 13.0 Å². The molecule has 2 aromatic rings. The lowest BCUT2D eigenvalue weighted by Crippen LogP contribution is -2.09. The number of nitrogens with zero attached hydrogens (tertiary/aromatic N) is 2. The molecular weight excluding hydrogens is 285 g/mol. The fourth-order valence-electron chi connectivity index (χ4n) is 1.76. The lowest BCUT2D eigenvalue weighted by molar-refractivity contribution is -0.384. The van der Waals surface area contributed by atoms with Crippen LogP contribution in [0.2, 0.25) is 5.02 Å². The van der Waals surface area contributed by atoms with Crippen molar-refractivity contribution >= 4 is 23.0 Å². The molecule has 5 nitrogen and oxygen atoms in total. The van der Waals surface area contributed by atoms with Crippen LogP contribution in [0.3, 0.4) is 0 Å². The summed E-state index contributed by atoms with van der Waals surface area (Å²) in [5, 5.41) is 14.3. The molecule has 0 amide bonds. The molecule has 0 saturated carbocycles. The van der Waals surface area contributed by atoms with Gasteiger partial charge in [0, 0.05) is 17.3 Å². The second-order valence-corrected chi connectivity index (χ2v) is 4.66. The maximum Gasteiger partial charge on any atom is 0.292 e. The Morgan fingerprint density at radius 2 is 2.15 bits per heavy atom. The van der Waals surface area contributed by atoms with Gasteiger partial charge in [-0.2, -0.15) is 0 Å². The molecule has 1 N–H and O–H groups in total. The van der Waals surface area contributed by atoms with Crippen LogP contribution in [0.15, 0.2) is 36.7 Å². The molecule has 0 aliphatic carbocycles. The molecule has 20 heavy (non-hydrogen) atoms. The normalized spacial score (nSPS) is 11.9. The highest BCUT2D eigenvalue weighted by Crippen LogP contribution is 2.30. The Bertz CT molecular complexity index is 651. The van der Waals surface area contributed by atoms with Crippen LogP contribution in [0.1, 0.15) is 18.5 Å². The number of anilines is 1. The molecule has 1 aromatic carbocycles. The van der Waals surface area contributed by atoms with Crippen LogP contribution in [0.4, 0.5) is 15.8 Å². The van der Waals surface area contributed by atoms with Crippen LogP contribution >= 0.6 is 11.6 Å². The summed E-state index contributed by atoms with van der Waals surface area (Å²) in [4.78, 5) is 14.2. The third kappa shape index (κ3) is 3.21. The van der Waals surface area contributed by atoms with Crippen molar-refractivity contribution < 1.29 is 9.31 Å². The van der Waals surface area contributed by atoms with Gasteiger partial charge in [-0.3, -0.25) is 15.1 Å². The molecule has 1 aromatic heterocycles.